The van der Waals surface area contributed by atoms with Gasteiger partial charge in [-0.3, -0.25) is 0 Å². The zero-order valence-corrected chi connectivity index (χ0v) is 11.3. The first-order valence-corrected chi connectivity index (χ1v) is 6.69. The number of esters is 1. The minimum atomic E-state index is -0.293. The van der Waals surface area contributed by atoms with E-state index in [1.54, 1.807) is 22.8 Å². The highest BCUT2D eigenvalue weighted by Crippen LogP contribution is 2.19. The Kier molecular flexibility index (Phi) is 4.04. The number of aryl methyl sites for hydroxylation is 1. The molecule has 1 N–H and O–H groups in total. The fraction of sp³-hybridized carbons (Fsp3) is 0.308. The first-order chi connectivity index (χ1) is 8.72. The topological polar surface area (TPSA) is 43.3 Å². The van der Waals surface area contributed by atoms with Gasteiger partial charge in [-0.2, -0.15) is 0 Å². The average Bonchev–Trinajstić information content (AvgIpc) is 2.96. The smallest absolute Gasteiger partial charge is 0.357 e. The monoisotopic (exact) mass is 264 g/mol. The third-order valence-corrected chi connectivity index (χ3v) is 3.45. The Hall–Kier alpha value is -1.75. The molecule has 0 bridgehead atoms. The lowest BCUT2D eigenvalue weighted by Crippen LogP contribution is -2.12. The quantitative estimate of drug-likeness (QED) is 0.844. The van der Waals surface area contributed by atoms with E-state index in [0.717, 1.165) is 5.69 Å². The van der Waals surface area contributed by atoms with Gasteiger partial charge in [0.15, 0.2) is 5.69 Å². The van der Waals surface area contributed by atoms with Crippen LogP contribution in [0.25, 0.3) is 0 Å². The third-order valence-electron chi connectivity index (χ3n) is 2.57. The van der Waals surface area contributed by atoms with Gasteiger partial charge in [0, 0.05) is 24.7 Å². The molecule has 0 aliphatic rings. The summed E-state index contributed by atoms with van der Waals surface area (Å²) >= 11 is 1.69. The van der Waals surface area contributed by atoms with E-state index < -0.39 is 0 Å². The zero-order chi connectivity index (χ0) is 13.0. The van der Waals surface area contributed by atoms with Crippen molar-refractivity contribution in [3.63, 3.8) is 0 Å². The van der Waals surface area contributed by atoms with Crippen LogP contribution in [0.4, 0.5) is 5.69 Å². The molecule has 0 aliphatic heterocycles. The van der Waals surface area contributed by atoms with Crippen LogP contribution >= 0.6 is 11.3 Å². The first kappa shape index (κ1) is 12.7. The van der Waals surface area contributed by atoms with Crippen LogP contribution in [0.5, 0.6) is 0 Å². The maximum absolute atomic E-state index is 11.8. The van der Waals surface area contributed by atoms with Crippen molar-refractivity contribution in [3.8, 4) is 0 Å². The highest BCUT2D eigenvalue weighted by atomic mass is 32.1. The number of ether oxygens (including phenoxy) is 1. The lowest BCUT2D eigenvalue weighted by Gasteiger charge is -2.08. The molecular weight excluding hydrogens is 248 g/mol. The number of nitrogens with one attached hydrogen (secondary N) is 1. The summed E-state index contributed by atoms with van der Waals surface area (Å²) in [7, 11) is 1.84. The van der Waals surface area contributed by atoms with E-state index >= 15 is 0 Å². The molecule has 0 atom stereocenters. The third kappa shape index (κ3) is 2.73. The maximum atomic E-state index is 11.8. The Labute approximate surface area is 110 Å². The molecule has 2 heterocycles. The van der Waals surface area contributed by atoms with Crippen molar-refractivity contribution in [2.45, 2.75) is 13.5 Å². The average molecular weight is 264 g/mol. The Morgan fingerprint density at radius 1 is 1.50 bits per heavy atom. The Morgan fingerprint density at radius 2 is 2.33 bits per heavy atom. The summed E-state index contributed by atoms with van der Waals surface area (Å²) in [6.07, 6.45) is 1.85. The second-order valence-electron chi connectivity index (χ2n) is 3.84. The molecule has 0 radical (unpaired) electrons. The molecule has 0 amide bonds. The van der Waals surface area contributed by atoms with Gasteiger partial charge in [0.05, 0.1) is 12.3 Å². The molecule has 0 saturated carbocycles. The molecule has 0 unspecified atom stereocenters. The van der Waals surface area contributed by atoms with Crippen molar-refractivity contribution in [1.82, 2.24) is 4.57 Å². The number of hydrogen-bond acceptors (Lipinski definition) is 4. The fourth-order valence-corrected chi connectivity index (χ4v) is 2.37. The molecule has 18 heavy (non-hydrogen) atoms. The minimum absolute atomic E-state index is 0.293. The summed E-state index contributed by atoms with van der Waals surface area (Å²) in [5.74, 6) is -0.293. The Morgan fingerprint density at radius 3 is 3.00 bits per heavy atom. The molecule has 0 saturated heterocycles. The van der Waals surface area contributed by atoms with Crippen molar-refractivity contribution in [2.75, 3.05) is 11.9 Å². The van der Waals surface area contributed by atoms with Crippen molar-refractivity contribution in [2.24, 2.45) is 7.05 Å². The molecule has 96 valence electrons. The second kappa shape index (κ2) is 5.73. The van der Waals surface area contributed by atoms with E-state index in [2.05, 4.69) is 11.4 Å². The largest absolute Gasteiger partial charge is 0.461 e. The summed E-state index contributed by atoms with van der Waals surface area (Å²) in [4.78, 5) is 13.1. The lowest BCUT2D eigenvalue weighted by molar-refractivity contribution is 0.0516. The van der Waals surface area contributed by atoms with Crippen LogP contribution in [0.15, 0.2) is 29.8 Å². The number of rotatable bonds is 5. The van der Waals surface area contributed by atoms with Gasteiger partial charge in [0.2, 0.25) is 0 Å². The highest BCUT2D eigenvalue weighted by molar-refractivity contribution is 7.09. The van der Waals surface area contributed by atoms with Crippen LogP contribution in [0.1, 0.15) is 22.3 Å². The van der Waals surface area contributed by atoms with Crippen LogP contribution in [0.2, 0.25) is 0 Å². The van der Waals surface area contributed by atoms with Crippen LogP contribution in [0, 0.1) is 0 Å². The molecule has 0 fully saturated rings. The highest BCUT2D eigenvalue weighted by Gasteiger charge is 2.16. The van der Waals surface area contributed by atoms with Crippen molar-refractivity contribution in [3.05, 3.63) is 40.3 Å². The van der Waals surface area contributed by atoms with E-state index in [0.29, 0.717) is 18.8 Å². The molecule has 0 aromatic carbocycles. The van der Waals surface area contributed by atoms with Gasteiger partial charge in [-0.25, -0.2) is 4.79 Å². The Balaban J connectivity index is 2.10. The zero-order valence-electron chi connectivity index (χ0n) is 10.5. The number of aromatic nitrogens is 1. The van der Waals surface area contributed by atoms with Crippen LogP contribution < -0.4 is 5.32 Å². The van der Waals surface area contributed by atoms with Gasteiger partial charge in [-0.05, 0) is 24.4 Å². The standard InChI is InChI=1S/C13H16N2O2S/c1-3-17-13(16)12-11(6-7-15(12)2)14-9-10-5-4-8-18-10/h4-8,14H,3,9H2,1-2H3. The van der Waals surface area contributed by atoms with Crippen LogP contribution in [-0.4, -0.2) is 17.1 Å². The fourth-order valence-electron chi connectivity index (χ4n) is 1.72. The summed E-state index contributed by atoms with van der Waals surface area (Å²) in [6.45, 7) is 2.90. The predicted octanol–water partition coefficient (Wildman–Crippen LogP) is 2.88. The minimum Gasteiger partial charge on any atom is -0.461 e. The van der Waals surface area contributed by atoms with E-state index in [4.69, 9.17) is 4.74 Å². The molecule has 2 aromatic rings. The molecule has 4 nitrogen and oxygen atoms in total. The van der Waals surface area contributed by atoms with Gasteiger partial charge in [-0.15, -0.1) is 11.3 Å². The van der Waals surface area contributed by atoms with Gasteiger partial charge in [0.1, 0.15) is 0 Å². The molecule has 5 heteroatoms. The molecule has 0 spiro atoms. The number of carbonyl (C=O) groups is 1. The van der Waals surface area contributed by atoms with Crippen molar-refractivity contribution < 1.29 is 9.53 Å². The van der Waals surface area contributed by atoms with Gasteiger partial charge >= 0.3 is 5.97 Å². The molecule has 2 aromatic heterocycles. The van der Waals surface area contributed by atoms with E-state index in [1.807, 2.05) is 30.8 Å². The number of thiophene rings is 1. The number of nitrogens with zero attached hydrogens (tertiary/aromatic N) is 1. The normalized spacial score (nSPS) is 10.3. The van der Waals surface area contributed by atoms with E-state index in [-0.39, 0.29) is 5.97 Å². The summed E-state index contributed by atoms with van der Waals surface area (Å²) in [5.41, 5.74) is 1.37. The molecular formula is C13H16N2O2S. The molecule has 0 aliphatic carbocycles. The van der Waals surface area contributed by atoms with Crippen molar-refractivity contribution in [1.29, 1.82) is 0 Å². The summed E-state index contributed by atoms with van der Waals surface area (Å²) in [5, 5.41) is 5.30. The van der Waals surface area contributed by atoms with Gasteiger partial charge in [-0.1, -0.05) is 6.07 Å². The maximum Gasteiger partial charge on any atom is 0.357 e. The number of carbonyl (C=O) groups excluding carboxylic acids is 1. The first-order valence-electron chi connectivity index (χ1n) is 5.81. The SMILES string of the molecule is CCOC(=O)c1c(NCc2cccs2)ccn1C. The Bertz CT molecular complexity index is 517. The van der Waals surface area contributed by atoms with Gasteiger partial charge in [0.25, 0.3) is 0 Å². The lowest BCUT2D eigenvalue weighted by atomic mass is 10.3. The summed E-state index contributed by atoms with van der Waals surface area (Å²) in [6, 6.07) is 5.96. The summed E-state index contributed by atoms with van der Waals surface area (Å²) < 4.78 is 6.82. The number of hydrogen-bond donors (Lipinski definition) is 1. The predicted molar refractivity (Wildman–Crippen MR) is 73.0 cm³/mol. The number of anilines is 1. The molecule has 2 rings (SSSR count). The van der Waals surface area contributed by atoms with Crippen molar-refractivity contribution >= 4 is 23.0 Å². The van der Waals surface area contributed by atoms with Gasteiger partial charge < -0.3 is 14.6 Å². The van der Waals surface area contributed by atoms with E-state index in [9.17, 15) is 4.79 Å². The van der Waals surface area contributed by atoms with Crippen LogP contribution in [0.3, 0.4) is 0 Å². The van der Waals surface area contributed by atoms with Crippen LogP contribution in [-0.2, 0) is 18.3 Å². The van der Waals surface area contributed by atoms with E-state index in [1.165, 1.54) is 4.88 Å². The second-order valence-corrected chi connectivity index (χ2v) is 4.87.